The number of benzene rings is 1. The minimum atomic E-state index is -4.71. The van der Waals surface area contributed by atoms with Gasteiger partial charge in [0.25, 0.3) is 11.5 Å². The Balaban J connectivity index is 1.71. The molecule has 0 saturated carbocycles. The van der Waals surface area contributed by atoms with Crippen molar-refractivity contribution < 1.29 is 22.7 Å². The Bertz CT molecular complexity index is 1190. The molecule has 0 radical (unpaired) electrons. The first kappa shape index (κ1) is 20.0. The second-order valence-electron chi connectivity index (χ2n) is 6.41. The van der Waals surface area contributed by atoms with Gasteiger partial charge in [-0.15, -0.1) is 0 Å². The van der Waals surface area contributed by atoms with E-state index in [4.69, 9.17) is 4.74 Å². The first-order chi connectivity index (χ1) is 14.3. The predicted molar refractivity (Wildman–Crippen MR) is 103 cm³/mol. The number of rotatable bonds is 3. The Labute approximate surface area is 172 Å². The number of fused-ring (bicyclic) bond motifs is 2. The Kier molecular flexibility index (Phi) is 5.02. The molecule has 1 amide bonds. The SMILES string of the molecule is COc1ccc2c(c1)Sc1cccnc1C2NC(=O)c1ccc(C(F)(F)F)[nH]c1=O. The Morgan fingerprint density at radius 2 is 2.00 bits per heavy atom. The normalized spacial score (nSPS) is 15.1. The van der Waals surface area contributed by atoms with Crippen molar-refractivity contribution in [1.29, 1.82) is 0 Å². The third-order valence-electron chi connectivity index (χ3n) is 4.56. The number of H-pyrrole nitrogens is 1. The number of pyridine rings is 2. The lowest BCUT2D eigenvalue weighted by Gasteiger charge is -2.27. The molecule has 10 heteroatoms. The summed E-state index contributed by atoms with van der Waals surface area (Å²) in [5.41, 5.74) is -1.44. The van der Waals surface area contributed by atoms with Crippen LogP contribution in [0.25, 0.3) is 0 Å². The molecular formula is C20H14F3N3O3S. The minimum Gasteiger partial charge on any atom is -0.497 e. The summed E-state index contributed by atoms with van der Waals surface area (Å²) in [7, 11) is 1.54. The van der Waals surface area contributed by atoms with Crippen LogP contribution in [-0.4, -0.2) is 23.0 Å². The molecule has 0 spiro atoms. The molecule has 0 saturated heterocycles. The van der Waals surface area contributed by atoms with Gasteiger partial charge >= 0.3 is 6.18 Å². The van der Waals surface area contributed by atoms with Crippen LogP contribution in [0.4, 0.5) is 13.2 Å². The predicted octanol–water partition coefficient (Wildman–Crippen LogP) is 3.78. The summed E-state index contributed by atoms with van der Waals surface area (Å²) >= 11 is 1.46. The lowest BCUT2D eigenvalue weighted by atomic mass is 10.0. The zero-order valence-electron chi connectivity index (χ0n) is 15.4. The molecular weight excluding hydrogens is 419 g/mol. The largest absolute Gasteiger partial charge is 0.497 e. The van der Waals surface area contributed by atoms with Crippen molar-refractivity contribution in [1.82, 2.24) is 15.3 Å². The molecule has 1 unspecified atom stereocenters. The highest BCUT2D eigenvalue weighted by molar-refractivity contribution is 7.99. The molecule has 154 valence electrons. The molecule has 6 nitrogen and oxygen atoms in total. The van der Waals surface area contributed by atoms with Crippen molar-refractivity contribution in [3.05, 3.63) is 81.5 Å². The number of hydrogen-bond donors (Lipinski definition) is 2. The number of hydrogen-bond acceptors (Lipinski definition) is 5. The molecule has 1 aromatic carbocycles. The van der Waals surface area contributed by atoms with Gasteiger partial charge in [0.05, 0.1) is 18.8 Å². The zero-order valence-corrected chi connectivity index (χ0v) is 16.2. The number of carbonyl (C=O) groups excluding carboxylic acids is 1. The Morgan fingerprint density at radius 1 is 1.20 bits per heavy atom. The number of carbonyl (C=O) groups is 1. The molecule has 1 atom stereocenters. The second-order valence-corrected chi connectivity index (χ2v) is 7.50. The van der Waals surface area contributed by atoms with E-state index in [1.807, 2.05) is 12.1 Å². The van der Waals surface area contributed by atoms with Gasteiger partial charge in [0.15, 0.2) is 0 Å². The molecule has 2 N–H and O–H groups in total. The molecule has 3 aromatic rings. The van der Waals surface area contributed by atoms with Crippen molar-refractivity contribution >= 4 is 17.7 Å². The molecule has 1 aliphatic rings. The lowest BCUT2D eigenvalue weighted by molar-refractivity contribution is -0.141. The summed E-state index contributed by atoms with van der Waals surface area (Å²) in [6.07, 6.45) is -3.13. The van der Waals surface area contributed by atoms with Crippen LogP contribution in [-0.2, 0) is 6.18 Å². The van der Waals surface area contributed by atoms with Gasteiger partial charge in [-0.3, -0.25) is 14.6 Å². The molecule has 2 aromatic heterocycles. The maximum atomic E-state index is 12.8. The number of aromatic nitrogens is 2. The van der Waals surface area contributed by atoms with Gasteiger partial charge in [-0.2, -0.15) is 13.2 Å². The second kappa shape index (κ2) is 7.52. The van der Waals surface area contributed by atoms with E-state index in [1.165, 1.54) is 11.8 Å². The van der Waals surface area contributed by atoms with E-state index in [1.54, 1.807) is 36.5 Å². The van der Waals surface area contributed by atoms with Crippen LogP contribution in [0.3, 0.4) is 0 Å². The van der Waals surface area contributed by atoms with Crippen molar-refractivity contribution in [3.63, 3.8) is 0 Å². The van der Waals surface area contributed by atoms with Gasteiger partial charge in [0.1, 0.15) is 17.0 Å². The van der Waals surface area contributed by atoms with Crippen LogP contribution >= 0.6 is 11.8 Å². The number of nitrogens with one attached hydrogen (secondary N) is 2. The van der Waals surface area contributed by atoms with Crippen LogP contribution in [0.5, 0.6) is 5.75 Å². The quantitative estimate of drug-likeness (QED) is 0.657. The number of amides is 1. The van der Waals surface area contributed by atoms with E-state index in [9.17, 15) is 22.8 Å². The monoisotopic (exact) mass is 433 g/mol. The third kappa shape index (κ3) is 3.65. The standard InChI is InChI=1S/C20H14F3N3O3S/c1-29-10-4-5-11-14(9-10)30-13-3-2-8-24-17(13)16(11)26-19(28)12-6-7-15(20(21,22)23)25-18(12)27/h2-9,16H,1H3,(H,25,27)(H,26,28). The van der Waals surface area contributed by atoms with Gasteiger partial charge in [0.2, 0.25) is 0 Å². The van der Waals surface area contributed by atoms with Crippen molar-refractivity contribution in [3.8, 4) is 5.75 Å². The number of methoxy groups -OCH3 is 1. The van der Waals surface area contributed by atoms with Gasteiger partial charge in [0, 0.05) is 16.0 Å². The number of aromatic amines is 1. The number of nitrogens with zero attached hydrogens (tertiary/aromatic N) is 1. The molecule has 0 bridgehead atoms. The molecule has 30 heavy (non-hydrogen) atoms. The molecule has 1 aliphatic heterocycles. The number of alkyl halides is 3. The highest BCUT2D eigenvalue weighted by Crippen LogP contribution is 2.45. The molecule has 3 heterocycles. The van der Waals surface area contributed by atoms with E-state index in [0.29, 0.717) is 17.5 Å². The van der Waals surface area contributed by atoms with Crippen molar-refractivity contribution in [2.45, 2.75) is 22.0 Å². The average Bonchev–Trinajstić information content (AvgIpc) is 2.72. The molecule has 0 fully saturated rings. The third-order valence-corrected chi connectivity index (χ3v) is 5.70. The van der Waals surface area contributed by atoms with E-state index < -0.39 is 34.9 Å². The van der Waals surface area contributed by atoms with Gasteiger partial charge in [-0.05, 0) is 42.0 Å². The van der Waals surface area contributed by atoms with Crippen LogP contribution in [0.15, 0.2) is 63.2 Å². The smallest absolute Gasteiger partial charge is 0.431 e. The van der Waals surface area contributed by atoms with Crippen LogP contribution in [0.2, 0.25) is 0 Å². The minimum absolute atomic E-state index is 0.422. The summed E-state index contributed by atoms with van der Waals surface area (Å²) in [5.74, 6) is -0.168. The topological polar surface area (TPSA) is 84.1 Å². The maximum Gasteiger partial charge on any atom is 0.431 e. The van der Waals surface area contributed by atoms with E-state index >= 15 is 0 Å². The average molecular weight is 433 g/mol. The first-order valence-corrected chi connectivity index (χ1v) is 9.51. The maximum absolute atomic E-state index is 12.8. The van der Waals surface area contributed by atoms with E-state index in [0.717, 1.165) is 21.4 Å². The summed E-state index contributed by atoms with van der Waals surface area (Å²) in [6, 6.07) is 9.78. The van der Waals surface area contributed by atoms with E-state index in [-0.39, 0.29) is 0 Å². The van der Waals surface area contributed by atoms with Crippen LogP contribution in [0, 0.1) is 0 Å². The Morgan fingerprint density at radius 3 is 2.70 bits per heavy atom. The van der Waals surface area contributed by atoms with Crippen LogP contribution in [0.1, 0.15) is 33.4 Å². The fraction of sp³-hybridized carbons (Fsp3) is 0.150. The zero-order chi connectivity index (χ0) is 21.5. The van der Waals surface area contributed by atoms with Gasteiger partial charge < -0.3 is 15.0 Å². The summed E-state index contributed by atoms with van der Waals surface area (Å²) in [4.78, 5) is 32.6. The summed E-state index contributed by atoms with van der Waals surface area (Å²) < 4.78 is 43.6. The van der Waals surface area contributed by atoms with Crippen molar-refractivity contribution in [2.75, 3.05) is 7.11 Å². The van der Waals surface area contributed by atoms with Gasteiger partial charge in [-0.1, -0.05) is 17.8 Å². The molecule has 0 aliphatic carbocycles. The lowest BCUT2D eigenvalue weighted by Crippen LogP contribution is -2.35. The fourth-order valence-electron chi connectivity index (χ4n) is 3.11. The highest BCUT2D eigenvalue weighted by Gasteiger charge is 2.33. The number of halogens is 3. The fourth-order valence-corrected chi connectivity index (χ4v) is 4.25. The summed E-state index contributed by atoms with van der Waals surface area (Å²) in [6.45, 7) is 0. The van der Waals surface area contributed by atoms with Crippen LogP contribution < -0.4 is 15.6 Å². The first-order valence-electron chi connectivity index (χ1n) is 8.70. The number of ether oxygens (including phenoxy) is 1. The van der Waals surface area contributed by atoms with Crippen molar-refractivity contribution in [2.24, 2.45) is 0 Å². The Hall–Kier alpha value is -3.27. The van der Waals surface area contributed by atoms with E-state index in [2.05, 4.69) is 10.3 Å². The summed E-state index contributed by atoms with van der Waals surface area (Å²) in [5, 5.41) is 2.73. The molecule has 4 rings (SSSR count). The highest BCUT2D eigenvalue weighted by atomic mass is 32.2. The van der Waals surface area contributed by atoms with Gasteiger partial charge in [-0.25, -0.2) is 0 Å².